The third kappa shape index (κ3) is 2.67. The Morgan fingerprint density at radius 3 is 2.96 bits per heavy atom. The van der Waals surface area contributed by atoms with Crippen molar-refractivity contribution in [2.24, 2.45) is 7.05 Å². The lowest BCUT2D eigenvalue weighted by Crippen LogP contribution is -2.03. The smallest absolute Gasteiger partial charge is 0.228 e. The van der Waals surface area contributed by atoms with Gasteiger partial charge in [0.25, 0.3) is 0 Å². The average molecular weight is 362 g/mol. The van der Waals surface area contributed by atoms with E-state index < -0.39 is 0 Å². The van der Waals surface area contributed by atoms with E-state index in [4.69, 9.17) is 4.74 Å². The van der Waals surface area contributed by atoms with E-state index in [2.05, 4.69) is 37.5 Å². The molecule has 1 aliphatic rings. The van der Waals surface area contributed by atoms with Crippen LogP contribution in [0.15, 0.2) is 36.7 Å². The molecule has 5 heterocycles. The Labute approximate surface area is 155 Å². The number of hydrogen-bond donors (Lipinski definition) is 1. The number of aromatic nitrogens is 7. The maximum absolute atomic E-state index is 5.95. The van der Waals surface area contributed by atoms with Crippen molar-refractivity contribution in [1.82, 2.24) is 34.3 Å². The van der Waals surface area contributed by atoms with Crippen molar-refractivity contribution < 1.29 is 4.74 Å². The Bertz CT molecular complexity index is 1130. The number of rotatable bonds is 3. The third-order valence-electron chi connectivity index (χ3n) is 4.75. The molecule has 0 amide bonds. The molecule has 9 nitrogen and oxygen atoms in total. The molecular formula is C18H18N8O. The van der Waals surface area contributed by atoms with Gasteiger partial charge in [-0.1, -0.05) is 6.92 Å². The standard InChI is InChI=1S/C18H18N8O/c1-11-5-8-27-16-10-12(9-15-23-24-17(11)26(15)16)13-3-6-19-18(21-13)22-14-4-7-20-25(14)2/h3-4,6-7,9-11H,5,8H2,1-2H3,(H,19,21,22). The summed E-state index contributed by atoms with van der Waals surface area (Å²) >= 11 is 0. The zero-order valence-corrected chi connectivity index (χ0v) is 15.0. The van der Waals surface area contributed by atoms with Gasteiger partial charge in [-0.15, -0.1) is 10.2 Å². The van der Waals surface area contributed by atoms with E-state index in [0.717, 1.165) is 40.8 Å². The lowest BCUT2D eigenvalue weighted by atomic mass is 10.1. The van der Waals surface area contributed by atoms with Crippen LogP contribution in [0.1, 0.15) is 25.1 Å². The van der Waals surface area contributed by atoms with Crippen molar-refractivity contribution in [3.8, 4) is 17.1 Å². The zero-order chi connectivity index (χ0) is 18.4. The Kier molecular flexibility index (Phi) is 3.52. The Balaban J connectivity index is 1.56. The summed E-state index contributed by atoms with van der Waals surface area (Å²) in [7, 11) is 1.86. The number of pyridine rings is 1. The highest BCUT2D eigenvalue weighted by molar-refractivity contribution is 5.67. The number of nitrogens with one attached hydrogen (secondary N) is 1. The van der Waals surface area contributed by atoms with Crippen LogP contribution in [0.3, 0.4) is 0 Å². The van der Waals surface area contributed by atoms with Crippen LogP contribution in [-0.2, 0) is 7.05 Å². The van der Waals surface area contributed by atoms with Gasteiger partial charge >= 0.3 is 0 Å². The largest absolute Gasteiger partial charge is 0.478 e. The van der Waals surface area contributed by atoms with Gasteiger partial charge in [0, 0.05) is 36.9 Å². The number of aryl methyl sites for hydroxylation is 1. The third-order valence-corrected chi connectivity index (χ3v) is 4.75. The summed E-state index contributed by atoms with van der Waals surface area (Å²) in [5.41, 5.74) is 2.44. The first-order valence-corrected chi connectivity index (χ1v) is 8.79. The van der Waals surface area contributed by atoms with Gasteiger partial charge in [-0.2, -0.15) is 5.10 Å². The predicted octanol–water partition coefficient (Wildman–Crippen LogP) is 2.55. The molecular weight excluding hydrogens is 344 g/mol. The molecule has 1 unspecified atom stereocenters. The molecule has 1 atom stereocenters. The molecule has 9 heteroatoms. The fourth-order valence-corrected chi connectivity index (χ4v) is 3.24. The molecule has 0 saturated heterocycles. The van der Waals surface area contributed by atoms with Gasteiger partial charge in [-0.05, 0) is 18.6 Å². The van der Waals surface area contributed by atoms with E-state index in [1.807, 2.05) is 35.7 Å². The van der Waals surface area contributed by atoms with Crippen LogP contribution in [0.25, 0.3) is 16.9 Å². The highest BCUT2D eigenvalue weighted by atomic mass is 16.5. The van der Waals surface area contributed by atoms with E-state index in [-0.39, 0.29) is 0 Å². The molecule has 0 saturated carbocycles. The number of hydrogen-bond acceptors (Lipinski definition) is 7. The van der Waals surface area contributed by atoms with Crippen LogP contribution in [-0.4, -0.2) is 41.0 Å². The van der Waals surface area contributed by atoms with Crippen molar-refractivity contribution in [1.29, 1.82) is 0 Å². The van der Waals surface area contributed by atoms with E-state index >= 15 is 0 Å². The Hall–Kier alpha value is -3.49. The molecule has 0 radical (unpaired) electrons. The van der Waals surface area contributed by atoms with Crippen LogP contribution < -0.4 is 10.1 Å². The molecule has 4 aromatic heterocycles. The second-order valence-electron chi connectivity index (χ2n) is 6.60. The molecule has 4 aromatic rings. The molecule has 0 aliphatic carbocycles. The number of anilines is 2. The molecule has 5 rings (SSSR count). The first-order valence-electron chi connectivity index (χ1n) is 8.79. The van der Waals surface area contributed by atoms with Gasteiger partial charge in [0.15, 0.2) is 5.65 Å². The van der Waals surface area contributed by atoms with Crippen molar-refractivity contribution >= 4 is 17.4 Å². The topological polar surface area (TPSA) is 95.0 Å². The number of nitrogens with zero attached hydrogens (tertiary/aromatic N) is 7. The van der Waals surface area contributed by atoms with Gasteiger partial charge < -0.3 is 10.1 Å². The zero-order valence-electron chi connectivity index (χ0n) is 15.0. The molecule has 0 bridgehead atoms. The summed E-state index contributed by atoms with van der Waals surface area (Å²) in [4.78, 5) is 8.93. The Morgan fingerprint density at radius 2 is 2.11 bits per heavy atom. The highest BCUT2D eigenvalue weighted by Gasteiger charge is 2.21. The van der Waals surface area contributed by atoms with Crippen LogP contribution in [0, 0.1) is 0 Å². The van der Waals surface area contributed by atoms with Gasteiger partial charge in [-0.25, -0.2) is 14.4 Å². The predicted molar refractivity (Wildman–Crippen MR) is 99.0 cm³/mol. The second-order valence-corrected chi connectivity index (χ2v) is 6.60. The minimum absolute atomic E-state index is 0.306. The van der Waals surface area contributed by atoms with E-state index in [0.29, 0.717) is 18.5 Å². The van der Waals surface area contributed by atoms with Crippen molar-refractivity contribution in [2.45, 2.75) is 19.3 Å². The van der Waals surface area contributed by atoms with Crippen LogP contribution in [0.5, 0.6) is 5.88 Å². The van der Waals surface area contributed by atoms with Crippen LogP contribution in [0.4, 0.5) is 11.8 Å². The minimum atomic E-state index is 0.306. The summed E-state index contributed by atoms with van der Waals surface area (Å²) in [6.45, 7) is 2.80. The Morgan fingerprint density at radius 1 is 1.19 bits per heavy atom. The summed E-state index contributed by atoms with van der Waals surface area (Å²) in [6.07, 6.45) is 4.35. The maximum atomic E-state index is 5.95. The summed E-state index contributed by atoms with van der Waals surface area (Å²) in [6, 6.07) is 7.68. The van der Waals surface area contributed by atoms with Crippen molar-refractivity contribution in [3.05, 3.63) is 42.5 Å². The lowest BCUT2D eigenvalue weighted by molar-refractivity contribution is 0.299. The van der Waals surface area contributed by atoms with Crippen LogP contribution >= 0.6 is 0 Å². The van der Waals surface area contributed by atoms with Crippen molar-refractivity contribution in [3.63, 3.8) is 0 Å². The lowest BCUT2D eigenvalue weighted by Gasteiger charge is -2.10. The SMILES string of the molecule is CC1CCOc2cc(-c3ccnc(Nc4ccnn4C)n3)cc3nnc1n23. The summed E-state index contributed by atoms with van der Waals surface area (Å²) in [5.74, 6) is 3.30. The minimum Gasteiger partial charge on any atom is -0.478 e. The molecule has 27 heavy (non-hydrogen) atoms. The van der Waals surface area contributed by atoms with Gasteiger partial charge in [0.2, 0.25) is 11.8 Å². The molecule has 1 aliphatic heterocycles. The normalized spacial score (nSPS) is 16.1. The van der Waals surface area contributed by atoms with E-state index in [9.17, 15) is 0 Å². The number of ether oxygens (including phenoxy) is 1. The van der Waals surface area contributed by atoms with Crippen molar-refractivity contribution in [2.75, 3.05) is 11.9 Å². The summed E-state index contributed by atoms with van der Waals surface area (Å²) < 4.78 is 9.66. The van der Waals surface area contributed by atoms with Gasteiger partial charge in [-0.3, -0.25) is 4.68 Å². The first-order chi connectivity index (χ1) is 13.2. The van der Waals surface area contributed by atoms with Gasteiger partial charge in [0.1, 0.15) is 11.6 Å². The fourth-order valence-electron chi connectivity index (χ4n) is 3.24. The molecule has 1 N–H and O–H groups in total. The molecule has 136 valence electrons. The molecule has 0 spiro atoms. The van der Waals surface area contributed by atoms with Gasteiger partial charge in [0.05, 0.1) is 18.5 Å². The second kappa shape index (κ2) is 6.04. The fraction of sp³-hybridized carbons (Fsp3) is 0.278. The quantitative estimate of drug-likeness (QED) is 0.598. The monoisotopic (exact) mass is 362 g/mol. The van der Waals surface area contributed by atoms with Crippen LogP contribution in [0.2, 0.25) is 0 Å². The summed E-state index contributed by atoms with van der Waals surface area (Å²) in [5, 5.41) is 16.0. The first kappa shape index (κ1) is 15.7. The van der Waals surface area contributed by atoms with E-state index in [1.165, 1.54) is 0 Å². The average Bonchev–Trinajstić information content (AvgIpc) is 3.24. The molecule has 0 aromatic carbocycles. The highest BCUT2D eigenvalue weighted by Crippen LogP contribution is 2.31. The van der Waals surface area contributed by atoms with E-state index in [1.54, 1.807) is 17.1 Å². The maximum Gasteiger partial charge on any atom is 0.228 e. The molecule has 0 fully saturated rings.